The average molecular weight is 255 g/mol. The van der Waals surface area contributed by atoms with Crippen LogP contribution in [0.3, 0.4) is 0 Å². The van der Waals surface area contributed by atoms with Crippen LogP contribution in [0.5, 0.6) is 0 Å². The molecular weight excluding hydrogens is 226 g/mol. The van der Waals surface area contributed by atoms with Gasteiger partial charge < -0.3 is 16.3 Å². The van der Waals surface area contributed by atoms with Crippen LogP contribution >= 0.6 is 0 Å². The molecule has 4 heteroatoms. The average Bonchev–Trinajstić information content (AvgIpc) is 2.35. The summed E-state index contributed by atoms with van der Waals surface area (Å²) in [7, 11) is 0. The van der Waals surface area contributed by atoms with E-state index in [4.69, 9.17) is 10.9 Å². The molecule has 2 atom stereocenters. The zero-order chi connectivity index (χ0) is 13.6. The summed E-state index contributed by atoms with van der Waals surface area (Å²) >= 11 is 0. The van der Waals surface area contributed by atoms with Crippen molar-refractivity contribution >= 4 is 5.84 Å². The summed E-state index contributed by atoms with van der Waals surface area (Å²) in [5.41, 5.74) is 5.46. The maximum absolute atomic E-state index is 8.71. The Bertz CT molecular complexity index is 276. The van der Waals surface area contributed by atoms with E-state index in [1.54, 1.807) is 0 Å². The van der Waals surface area contributed by atoms with Crippen LogP contribution in [-0.4, -0.2) is 23.6 Å². The second-order valence-electron chi connectivity index (χ2n) is 6.30. The molecule has 4 N–H and O–H groups in total. The Morgan fingerprint density at radius 3 is 2.67 bits per heavy atom. The summed E-state index contributed by atoms with van der Waals surface area (Å²) < 4.78 is 0. The zero-order valence-electron chi connectivity index (χ0n) is 12.1. The van der Waals surface area contributed by atoms with Crippen molar-refractivity contribution in [1.82, 2.24) is 5.32 Å². The molecule has 0 radical (unpaired) electrons. The fourth-order valence-electron chi connectivity index (χ4n) is 2.70. The molecule has 0 aromatic rings. The Morgan fingerprint density at radius 2 is 2.06 bits per heavy atom. The van der Waals surface area contributed by atoms with Gasteiger partial charge in [0.05, 0.1) is 0 Å². The minimum atomic E-state index is -0.214. The van der Waals surface area contributed by atoms with Gasteiger partial charge in [0.25, 0.3) is 0 Å². The first-order valence-electron chi connectivity index (χ1n) is 7.19. The lowest BCUT2D eigenvalue weighted by Gasteiger charge is -2.30. The van der Waals surface area contributed by atoms with Gasteiger partial charge in [0.1, 0.15) is 5.84 Å². The van der Waals surface area contributed by atoms with Crippen LogP contribution in [0.1, 0.15) is 59.3 Å². The normalized spacial score (nSPS) is 26.3. The molecule has 0 spiro atoms. The zero-order valence-corrected chi connectivity index (χ0v) is 12.1. The monoisotopic (exact) mass is 255 g/mol. The van der Waals surface area contributed by atoms with Crippen LogP contribution in [0.2, 0.25) is 0 Å². The molecule has 0 saturated heterocycles. The lowest BCUT2D eigenvalue weighted by Crippen LogP contribution is -2.38. The van der Waals surface area contributed by atoms with Gasteiger partial charge in [-0.05, 0) is 38.1 Å². The first kappa shape index (κ1) is 15.3. The third kappa shape index (κ3) is 4.48. The molecule has 0 aromatic carbocycles. The van der Waals surface area contributed by atoms with E-state index in [9.17, 15) is 0 Å². The van der Waals surface area contributed by atoms with Gasteiger partial charge in [-0.3, -0.25) is 0 Å². The molecule has 18 heavy (non-hydrogen) atoms. The SMILES string of the molecule is CC1CCCCC1NCCCC(C)(C)C(N)=NO. The van der Waals surface area contributed by atoms with E-state index >= 15 is 0 Å². The van der Waals surface area contributed by atoms with Gasteiger partial charge in [0.2, 0.25) is 0 Å². The minimum Gasteiger partial charge on any atom is -0.409 e. The molecule has 0 amide bonds. The van der Waals surface area contributed by atoms with E-state index in [0.717, 1.165) is 25.3 Å². The summed E-state index contributed by atoms with van der Waals surface area (Å²) in [5, 5.41) is 15.5. The quantitative estimate of drug-likeness (QED) is 0.225. The van der Waals surface area contributed by atoms with Crippen molar-refractivity contribution in [3.05, 3.63) is 0 Å². The summed E-state index contributed by atoms with van der Waals surface area (Å²) in [6, 6.07) is 0.686. The Morgan fingerprint density at radius 1 is 1.39 bits per heavy atom. The molecule has 1 aliphatic carbocycles. The van der Waals surface area contributed by atoms with Gasteiger partial charge in [-0.15, -0.1) is 0 Å². The van der Waals surface area contributed by atoms with Crippen molar-refractivity contribution in [2.45, 2.75) is 65.3 Å². The van der Waals surface area contributed by atoms with Gasteiger partial charge >= 0.3 is 0 Å². The molecule has 1 aliphatic rings. The lowest BCUT2D eigenvalue weighted by atomic mass is 9.85. The summed E-state index contributed by atoms with van der Waals surface area (Å²) in [6.45, 7) is 7.41. The van der Waals surface area contributed by atoms with E-state index in [1.807, 2.05) is 13.8 Å². The van der Waals surface area contributed by atoms with E-state index in [2.05, 4.69) is 17.4 Å². The molecule has 0 heterocycles. The maximum atomic E-state index is 8.71. The van der Waals surface area contributed by atoms with E-state index in [0.29, 0.717) is 11.9 Å². The van der Waals surface area contributed by atoms with Crippen LogP contribution in [-0.2, 0) is 0 Å². The van der Waals surface area contributed by atoms with Gasteiger partial charge in [-0.25, -0.2) is 0 Å². The topological polar surface area (TPSA) is 70.6 Å². The summed E-state index contributed by atoms with van der Waals surface area (Å²) in [5.74, 6) is 1.13. The Hall–Kier alpha value is -0.770. The highest BCUT2D eigenvalue weighted by Crippen LogP contribution is 2.25. The molecule has 1 fully saturated rings. The molecule has 4 nitrogen and oxygen atoms in total. The third-order valence-corrected chi connectivity index (χ3v) is 4.30. The fraction of sp³-hybridized carbons (Fsp3) is 0.929. The molecule has 1 rings (SSSR count). The van der Waals surface area contributed by atoms with Crippen LogP contribution in [0.15, 0.2) is 5.16 Å². The lowest BCUT2D eigenvalue weighted by molar-refractivity contribution is 0.275. The molecule has 0 aromatic heterocycles. The number of nitrogens with zero attached hydrogens (tertiary/aromatic N) is 1. The van der Waals surface area contributed by atoms with Gasteiger partial charge in [0, 0.05) is 11.5 Å². The van der Waals surface area contributed by atoms with Crippen molar-refractivity contribution in [3.8, 4) is 0 Å². The van der Waals surface area contributed by atoms with Crippen LogP contribution in [0.25, 0.3) is 0 Å². The van der Waals surface area contributed by atoms with Crippen LogP contribution in [0, 0.1) is 11.3 Å². The first-order chi connectivity index (χ1) is 8.47. The van der Waals surface area contributed by atoms with Gasteiger partial charge in [0.15, 0.2) is 0 Å². The van der Waals surface area contributed by atoms with Crippen molar-refractivity contribution in [2.75, 3.05) is 6.54 Å². The van der Waals surface area contributed by atoms with Crippen molar-refractivity contribution in [2.24, 2.45) is 22.2 Å². The van der Waals surface area contributed by atoms with Crippen molar-refractivity contribution in [1.29, 1.82) is 0 Å². The number of nitrogens with two attached hydrogens (primary N) is 1. The Balaban J connectivity index is 2.22. The number of hydrogen-bond acceptors (Lipinski definition) is 3. The number of hydrogen-bond donors (Lipinski definition) is 3. The largest absolute Gasteiger partial charge is 0.409 e. The predicted octanol–water partition coefficient (Wildman–Crippen LogP) is 2.71. The highest BCUT2D eigenvalue weighted by atomic mass is 16.4. The van der Waals surface area contributed by atoms with E-state index in [-0.39, 0.29) is 5.41 Å². The van der Waals surface area contributed by atoms with E-state index in [1.165, 1.54) is 25.7 Å². The molecule has 1 saturated carbocycles. The smallest absolute Gasteiger partial charge is 0.144 e. The van der Waals surface area contributed by atoms with Crippen LogP contribution < -0.4 is 11.1 Å². The summed E-state index contributed by atoms with van der Waals surface area (Å²) in [6.07, 6.45) is 7.41. The summed E-state index contributed by atoms with van der Waals surface area (Å²) in [4.78, 5) is 0. The first-order valence-corrected chi connectivity index (χ1v) is 7.19. The second-order valence-corrected chi connectivity index (χ2v) is 6.30. The molecule has 2 unspecified atom stereocenters. The molecule has 0 bridgehead atoms. The maximum Gasteiger partial charge on any atom is 0.144 e. The van der Waals surface area contributed by atoms with Crippen LogP contribution in [0.4, 0.5) is 0 Å². The predicted molar refractivity (Wildman–Crippen MR) is 75.8 cm³/mol. The number of rotatable bonds is 6. The van der Waals surface area contributed by atoms with E-state index < -0.39 is 0 Å². The molecule has 0 aliphatic heterocycles. The fourth-order valence-corrected chi connectivity index (χ4v) is 2.70. The van der Waals surface area contributed by atoms with Crippen molar-refractivity contribution < 1.29 is 5.21 Å². The number of nitrogens with one attached hydrogen (secondary N) is 1. The molecule has 106 valence electrons. The Labute approximate surface area is 111 Å². The minimum absolute atomic E-state index is 0.214. The van der Waals surface area contributed by atoms with Gasteiger partial charge in [-0.2, -0.15) is 0 Å². The van der Waals surface area contributed by atoms with Gasteiger partial charge in [-0.1, -0.05) is 38.8 Å². The third-order valence-electron chi connectivity index (χ3n) is 4.30. The standard InChI is InChI=1S/C14H29N3O/c1-11-7-4-5-8-12(11)16-10-6-9-14(2,3)13(15)17-18/h11-12,16,18H,4-10H2,1-3H3,(H2,15,17). The number of amidine groups is 1. The number of oxime groups is 1. The Kier molecular flexibility index (Phi) is 5.93. The molecular formula is C14H29N3O. The highest BCUT2D eigenvalue weighted by Gasteiger charge is 2.24. The second kappa shape index (κ2) is 6.98. The highest BCUT2D eigenvalue weighted by molar-refractivity contribution is 5.85. The van der Waals surface area contributed by atoms with Crippen molar-refractivity contribution in [3.63, 3.8) is 0 Å².